The lowest BCUT2D eigenvalue weighted by Crippen LogP contribution is -2.46. The maximum Gasteiger partial charge on any atom is 0.242 e. The van der Waals surface area contributed by atoms with E-state index in [2.05, 4.69) is 5.32 Å². The number of benzene rings is 1. The Bertz CT molecular complexity index is 588. The molecule has 1 aromatic rings. The lowest BCUT2D eigenvalue weighted by Gasteiger charge is -2.31. The molecule has 6 nitrogen and oxygen atoms in total. The number of hydrogen-bond donors (Lipinski definition) is 1. The Morgan fingerprint density at radius 2 is 1.96 bits per heavy atom. The van der Waals surface area contributed by atoms with Crippen LogP contribution in [0.25, 0.3) is 0 Å². The Labute approximate surface area is 142 Å². The quantitative estimate of drug-likeness (QED) is 0.880. The van der Waals surface area contributed by atoms with Crippen LogP contribution in [0.2, 0.25) is 0 Å². The standard InChI is InChI=1S/C18H25N3O3/c1-3-16-13-20(18(24)11-19-14(2)22)10-9-17(23)21(16)12-15-7-5-4-6-8-15/h4-8,16H,3,9-13H2,1-2H3,(H,19,22). The van der Waals surface area contributed by atoms with Gasteiger partial charge in [0, 0.05) is 39.0 Å². The van der Waals surface area contributed by atoms with E-state index in [4.69, 9.17) is 0 Å². The van der Waals surface area contributed by atoms with E-state index in [0.717, 1.165) is 12.0 Å². The second kappa shape index (κ2) is 8.47. The minimum atomic E-state index is -0.230. The van der Waals surface area contributed by atoms with Crippen molar-refractivity contribution in [2.24, 2.45) is 0 Å². The minimum absolute atomic E-state index is 0.0125. The van der Waals surface area contributed by atoms with Gasteiger partial charge in [0.15, 0.2) is 0 Å². The molecule has 1 heterocycles. The van der Waals surface area contributed by atoms with Gasteiger partial charge in [0.1, 0.15) is 0 Å². The number of rotatable bonds is 5. The molecule has 0 bridgehead atoms. The summed E-state index contributed by atoms with van der Waals surface area (Å²) in [5.74, 6) is -0.300. The zero-order valence-corrected chi connectivity index (χ0v) is 14.3. The van der Waals surface area contributed by atoms with Gasteiger partial charge in [-0.3, -0.25) is 14.4 Å². The number of hydrogen-bond acceptors (Lipinski definition) is 3. The molecule has 24 heavy (non-hydrogen) atoms. The summed E-state index contributed by atoms with van der Waals surface area (Å²) in [6.45, 7) is 4.87. The maximum absolute atomic E-state index is 12.5. The van der Waals surface area contributed by atoms with Gasteiger partial charge in [0.25, 0.3) is 0 Å². The van der Waals surface area contributed by atoms with Crippen LogP contribution >= 0.6 is 0 Å². The molecule has 1 saturated heterocycles. The highest BCUT2D eigenvalue weighted by Crippen LogP contribution is 2.17. The molecule has 1 fully saturated rings. The predicted octanol–water partition coefficient (Wildman–Crippen LogP) is 1.16. The third-order valence-corrected chi connectivity index (χ3v) is 4.30. The Hall–Kier alpha value is -2.37. The first-order valence-corrected chi connectivity index (χ1v) is 8.36. The Kier molecular flexibility index (Phi) is 6.35. The first-order valence-electron chi connectivity index (χ1n) is 8.36. The van der Waals surface area contributed by atoms with Gasteiger partial charge >= 0.3 is 0 Å². The Morgan fingerprint density at radius 1 is 1.25 bits per heavy atom. The molecule has 3 amide bonds. The van der Waals surface area contributed by atoms with Crippen LogP contribution in [0.1, 0.15) is 32.3 Å². The smallest absolute Gasteiger partial charge is 0.242 e. The van der Waals surface area contributed by atoms with Crippen molar-refractivity contribution in [1.82, 2.24) is 15.1 Å². The lowest BCUT2D eigenvalue weighted by molar-refractivity contribution is -0.133. The van der Waals surface area contributed by atoms with Crippen LogP contribution in [0.4, 0.5) is 0 Å². The summed E-state index contributed by atoms with van der Waals surface area (Å²) >= 11 is 0. The molecule has 0 aromatic heterocycles. The summed E-state index contributed by atoms with van der Waals surface area (Å²) in [6, 6.07) is 9.87. The van der Waals surface area contributed by atoms with Crippen molar-refractivity contribution in [3.63, 3.8) is 0 Å². The number of nitrogens with zero attached hydrogens (tertiary/aromatic N) is 2. The Balaban J connectivity index is 2.07. The van der Waals surface area contributed by atoms with Gasteiger partial charge in [-0.25, -0.2) is 0 Å². The molecule has 1 N–H and O–H groups in total. The van der Waals surface area contributed by atoms with Gasteiger partial charge in [-0.05, 0) is 12.0 Å². The summed E-state index contributed by atoms with van der Waals surface area (Å²) in [6.07, 6.45) is 1.09. The molecule has 1 unspecified atom stereocenters. The van der Waals surface area contributed by atoms with E-state index in [1.165, 1.54) is 6.92 Å². The fourth-order valence-corrected chi connectivity index (χ4v) is 2.91. The largest absolute Gasteiger partial charge is 0.347 e. The van der Waals surface area contributed by atoms with Crippen LogP contribution in [0, 0.1) is 0 Å². The summed E-state index contributed by atoms with van der Waals surface area (Å²) in [4.78, 5) is 39.4. The number of carbonyl (C=O) groups excluding carboxylic acids is 3. The second-order valence-electron chi connectivity index (χ2n) is 6.07. The summed E-state index contributed by atoms with van der Waals surface area (Å²) in [5.41, 5.74) is 1.09. The molecule has 1 aliphatic heterocycles. The zero-order valence-electron chi connectivity index (χ0n) is 14.3. The van der Waals surface area contributed by atoms with Crippen LogP contribution in [0.15, 0.2) is 30.3 Å². The van der Waals surface area contributed by atoms with Crippen LogP contribution in [-0.2, 0) is 20.9 Å². The van der Waals surface area contributed by atoms with Crippen LogP contribution in [0.5, 0.6) is 0 Å². The number of amides is 3. The van der Waals surface area contributed by atoms with Crippen molar-refractivity contribution in [2.75, 3.05) is 19.6 Å². The summed E-state index contributed by atoms with van der Waals surface area (Å²) in [7, 11) is 0. The minimum Gasteiger partial charge on any atom is -0.347 e. The van der Waals surface area contributed by atoms with Crippen molar-refractivity contribution in [2.45, 2.75) is 39.3 Å². The fraction of sp³-hybridized carbons (Fsp3) is 0.500. The van der Waals surface area contributed by atoms with E-state index in [0.29, 0.717) is 26.1 Å². The summed E-state index contributed by atoms with van der Waals surface area (Å²) < 4.78 is 0. The van der Waals surface area contributed by atoms with Gasteiger partial charge in [-0.15, -0.1) is 0 Å². The van der Waals surface area contributed by atoms with E-state index < -0.39 is 0 Å². The molecule has 1 aromatic carbocycles. The molecule has 2 rings (SSSR count). The third kappa shape index (κ3) is 4.81. The number of carbonyl (C=O) groups is 3. The summed E-state index contributed by atoms with van der Waals surface area (Å²) in [5, 5.41) is 2.53. The molecule has 1 aliphatic rings. The van der Waals surface area contributed by atoms with Gasteiger partial charge < -0.3 is 15.1 Å². The van der Waals surface area contributed by atoms with Crippen molar-refractivity contribution in [1.29, 1.82) is 0 Å². The molecular formula is C18H25N3O3. The lowest BCUT2D eigenvalue weighted by atomic mass is 10.1. The van der Waals surface area contributed by atoms with E-state index in [1.807, 2.05) is 42.2 Å². The predicted molar refractivity (Wildman–Crippen MR) is 91.0 cm³/mol. The molecular weight excluding hydrogens is 306 g/mol. The molecule has 0 spiro atoms. The van der Waals surface area contributed by atoms with Gasteiger partial charge in [-0.1, -0.05) is 37.3 Å². The van der Waals surface area contributed by atoms with E-state index in [1.54, 1.807) is 4.90 Å². The molecule has 130 valence electrons. The average molecular weight is 331 g/mol. The molecule has 1 atom stereocenters. The zero-order chi connectivity index (χ0) is 17.5. The normalized spacial score (nSPS) is 18.2. The number of nitrogens with one attached hydrogen (secondary N) is 1. The van der Waals surface area contributed by atoms with E-state index in [-0.39, 0.29) is 30.3 Å². The van der Waals surface area contributed by atoms with Crippen molar-refractivity contribution < 1.29 is 14.4 Å². The molecule has 0 radical (unpaired) electrons. The third-order valence-electron chi connectivity index (χ3n) is 4.30. The first kappa shape index (κ1) is 18.0. The second-order valence-corrected chi connectivity index (χ2v) is 6.07. The molecule has 0 saturated carbocycles. The van der Waals surface area contributed by atoms with Gasteiger partial charge in [0.05, 0.1) is 6.54 Å². The molecule has 6 heteroatoms. The average Bonchev–Trinajstić information content (AvgIpc) is 2.73. The highest BCUT2D eigenvalue weighted by Gasteiger charge is 2.30. The maximum atomic E-state index is 12.5. The van der Waals surface area contributed by atoms with Gasteiger partial charge in [-0.2, -0.15) is 0 Å². The van der Waals surface area contributed by atoms with E-state index in [9.17, 15) is 14.4 Å². The van der Waals surface area contributed by atoms with Crippen LogP contribution in [0.3, 0.4) is 0 Å². The first-order chi connectivity index (χ1) is 11.5. The fourth-order valence-electron chi connectivity index (χ4n) is 2.91. The highest BCUT2D eigenvalue weighted by molar-refractivity contribution is 5.85. The Morgan fingerprint density at radius 3 is 2.58 bits per heavy atom. The topological polar surface area (TPSA) is 69.7 Å². The monoisotopic (exact) mass is 331 g/mol. The highest BCUT2D eigenvalue weighted by atomic mass is 16.2. The molecule has 0 aliphatic carbocycles. The van der Waals surface area contributed by atoms with Crippen LogP contribution in [-0.4, -0.2) is 53.2 Å². The van der Waals surface area contributed by atoms with Gasteiger partial charge in [0.2, 0.25) is 17.7 Å². The van der Waals surface area contributed by atoms with Crippen molar-refractivity contribution >= 4 is 17.7 Å². The van der Waals surface area contributed by atoms with Crippen LogP contribution < -0.4 is 5.32 Å². The van der Waals surface area contributed by atoms with Crippen molar-refractivity contribution in [3.8, 4) is 0 Å². The van der Waals surface area contributed by atoms with E-state index >= 15 is 0 Å². The van der Waals surface area contributed by atoms with Crippen molar-refractivity contribution in [3.05, 3.63) is 35.9 Å². The SMILES string of the molecule is CCC1CN(C(=O)CNC(C)=O)CCC(=O)N1Cc1ccccc1.